The first kappa shape index (κ1) is 39.7. The summed E-state index contributed by atoms with van der Waals surface area (Å²) in [7, 11) is 0. The minimum atomic E-state index is 1.17. The Labute approximate surface area is 257 Å². The van der Waals surface area contributed by atoms with Gasteiger partial charge in [0.25, 0.3) is 0 Å². The Hall–Kier alpha value is 0.660. The van der Waals surface area contributed by atoms with Gasteiger partial charge in [0.15, 0.2) is 0 Å². The van der Waals surface area contributed by atoms with Crippen molar-refractivity contribution in [2.75, 3.05) is 11.5 Å². The van der Waals surface area contributed by atoms with E-state index in [0.717, 1.165) is 0 Å². The number of hydrogen-bond acceptors (Lipinski definition) is 3. The second kappa shape index (κ2) is 38.7. The van der Waals surface area contributed by atoms with Gasteiger partial charge in [-0.25, -0.2) is 3.63 Å². The maximum Gasteiger partial charge on any atom is 0.0210 e. The van der Waals surface area contributed by atoms with Crippen LogP contribution in [0.4, 0.5) is 0 Å². The van der Waals surface area contributed by atoms with Crippen molar-refractivity contribution in [1.29, 1.82) is 0 Å². The van der Waals surface area contributed by atoms with Gasteiger partial charge in [0.1, 0.15) is 0 Å². The van der Waals surface area contributed by atoms with E-state index < -0.39 is 0 Å². The molecule has 0 saturated heterocycles. The number of rotatable bonds is 36. The minimum absolute atomic E-state index is 1.17. The van der Waals surface area contributed by atoms with Crippen molar-refractivity contribution < 1.29 is 3.63 Å². The SMILES string of the molecule is CCCCCCCCCCCCCCCCCCSOSCCCCCCCCCCCCCCCCCC. The monoisotopic (exact) mass is 587 g/mol. The zero-order chi connectivity index (χ0) is 28.2. The van der Waals surface area contributed by atoms with E-state index in [4.69, 9.17) is 3.63 Å². The fourth-order valence-corrected chi connectivity index (χ4v) is 6.98. The summed E-state index contributed by atoms with van der Waals surface area (Å²) in [6.07, 6.45) is 46.1. The maximum atomic E-state index is 5.72. The Balaban J connectivity index is 3.01. The van der Waals surface area contributed by atoms with E-state index in [-0.39, 0.29) is 0 Å². The predicted octanol–water partition coefficient (Wildman–Crippen LogP) is 14.8. The van der Waals surface area contributed by atoms with Crippen molar-refractivity contribution in [2.45, 2.75) is 219 Å². The molecule has 0 aromatic heterocycles. The molecule has 0 fully saturated rings. The molecular formula is C36H74OS2. The topological polar surface area (TPSA) is 9.23 Å². The van der Waals surface area contributed by atoms with Crippen LogP contribution in [0.5, 0.6) is 0 Å². The van der Waals surface area contributed by atoms with Gasteiger partial charge in [0, 0.05) is 35.6 Å². The number of hydrogen-bond donors (Lipinski definition) is 0. The summed E-state index contributed by atoms with van der Waals surface area (Å²) in [6, 6.07) is 0. The molecule has 39 heavy (non-hydrogen) atoms. The Morgan fingerprint density at radius 1 is 0.256 bits per heavy atom. The highest BCUT2D eigenvalue weighted by Crippen LogP contribution is 2.20. The van der Waals surface area contributed by atoms with E-state index in [1.54, 1.807) is 24.1 Å². The smallest absolute Gasteiger partial charge is 0.0210 e. The van der Waals surface area contributed by atoms with Gasteiger partial charge in [-0.1, -0.05) is 206 Å². The van der Waals surface area contributed by atoms with E-state index >= 15 is 0 Å². The molecule has 0 N–H and O–H groups in total. The van der Waals surface area contributed by atoms with Crippen molar-refractivity contribution in [1.82, 2.24) is 0 Å². The van der Waals surface area contributed by atoms with Crippen LogP contribution in [-0.4, -0.2) is 11.5 Å². The molecule has 0 saturated carbocycles. The van der Waals surface area contributed by atoms with Gasteiger partial charge >= 0.3 is 0 Å². The molecule has 0 amide bonds. The Kier molecular flexibility index (Phi) is 39.3. The van der Waals surface area contributed by atoms with Gasteiger partial charge in [-0.15, -0.1) is 0 Å². The van der Waals surface area contributed by atoms with Gasteiger partial charge in [0.05, 0.1) is 0 Å². The van der Waals surface area contributed by atoms with Crippen molar-refractivity contribution in [3.05, 3.63) is 0 Å². The van der Waals surface area contributed by atoms with Crippen LogP contribution in [0.1, 0.15) is 219 Å². The lowest BCUT2D eigenvalue weighted by Gasteiger charge is -2.04. The molecule has 0 aromatic rings. The molecule has 236 valence electrons. The highest BCUT2D eigenvalue weighted by Gasteiger charge is 1.98. The minimum Gasteiger partial charge on any atom is -0.247 e. The average molecular weight is 587 g/mol. The van der Waals surface area contributed by atoms with E-state index in [0.29, 0.717) is 0 Å². The van der Waals surface area contributed by atoms with E-state index in [1.165, 1.54) is 217 Å². The Bertz CT molecular complexity index is 368. The fraction of sp³-hybridized carbons (Fsp3) is 1.00. The first-order valence-electron chi connectivity index (χ1n) is 18.3. The molecule has 3 heteroatoms. The lowest BCUT2D eigenvalue weighted by Crippen LogP contribution is -1.86. The molecule has 0 aliphatic rings. The lowest BCUT2D eigenvalue weighted by atomic mass is 10.0. The summed E-state index contributed by atoms with van der Waals surface area (Å²) in [6.45, 7) is 4.61. The third-order valence-electron chi connectivity index (χ3n) is 8.26. The standard InChI is InChI=1S/C36H74OS2/c1-3-5-7-9-11-13-15-17-19-21-23-25-27-29-31-33-35-38-37-39-36-34-32-30-28-26-24-22-20-18-16-14-12-10-8-6-4-2/h3-36H2,1-2H3. The van der Waals surface area contributed by atoms with Gasteiger partial charge < -0.3 is 0 Å². The van der Waals surface area contributed by atoms with Crippen LogP contribution in [0, 0.1) is 0 Å². The third kappa shape index (κ3) is 38.7. The van der Waals surface area contributed by atoms with E-state index in [9.17, 15) is 0 Å². The molecule has 0 spiro atoms. The van der Waals surface area contributed by atoms with Crippen LogP contribution >= 0.6 is 24.1 Å². The van der Waals surface area contributed by atoms with Gasteiger partial charge in [-0.05, 0) is 12.8 Å². The first-order valence-corrected chi connectivity index (χ1v) is 20.1. The number of unbranched alkanes of at least 4 members (excludes halogenated alkanes) is 30. The van der Waals surface area contributed by atoms with Crippen LogP contribution in [0.2, 0.25) is 0 Å². The van der Waals surface area contributed by atoms with Gasteiger partial charge in [-0.3, -0.25) is 0 Å². The summed E-state index contributed by atoms with van der Waals surface area (Å²) in [5.74, 6) is 2.34. The fourth-order valence-electron chi connectivity index (χ4n) is 5.52. The summed E-state index contributed by atoms with van der Waals surface area (Å²) < 4.78 is 5.72. The predicted molar refractivity (Wildman–Crippen MR) is 185 cm³/mol. The van der Waals surface area contributed by atoms with Crippen molar-refractivity contribution >= 4 is 24.1 Å². The summed E-state index contributed by atoms with van der Waals surface area (Å²) in [5, 5.41) is 0. The molecule has 0 atom stereocenters. The second-order valence-electron chi connectivity index (χ2n) is 12.3. The molecule has 1 nitrogen and oxygen atoms in total. The zero-order valence-electron chi connectivity index (χ0n) is 27.3. The van der Waals surface area contributed by atoms with Crippen LogP contribution in [0.25, 0.3) is 0 Å². The molecule has 0 bridgehead atoms. The highest BCUT2D eigenvalue weighted by atomic mass is 32.2. The van der Waals surface area contributed by atoms with Gasteiger partial charge in [-0.2, -0.15) is 0 Å². The lowest BCUT2D eigenvalue weighted by molar-refractivity contribution is 0.531. The molecule has 0 aliphatic carbocycles. The van der Waals surface area contributed by atoms with Crippen molar-refractivity contribution in [3.63, 3.8) is 0 Å². The van der Waals surface area contributed by atoms with E-state index in [1.807, 2.05) is 0 Å². The summed E-state index contributed by atoms with van der Waals surface area (Å²) >= 11 is 3.38. The quantitative estimate of drug-likeness (QED) is 0.0533. The van der Waals surface area contributed by atoms with Crippen LogP contribution < -0.4 is 0 Å². The maximum absolute atomic E-state index is 5.72. The van der Waals surface area contributed by atoms with Crippen molar-refractivity contribution in [2.24, 2.45) is 0 Å². The van der Waals surface area contributed by atoms with Crippen LogP contribution in [0.15, 0.2) is 0 Å². The summed E-state index contributed by atoms with van der Waals surface area (Å²) in [4.78, 5) is 0. The van der Waals surface area contributed by atoms with Crippen LogP contribution in [-0.2, 0) is 3.63 Å². The molecule has 0 aliphatic heterocycles. The second-order valence-corrected chi connectivity index (χ2v) is 14.2. The highest BCUT2D eigenvalue weighted by molar-refractivity contribution is 8.07. The molecule has 0 unspecified atom stereocenters. The first-order chi connectivity index (χ1) is 19.4. The molecular weight excluding hydrogens is 513 g/mol. The van der Waals surface area contributed by atoms with Crippen LogP contribution in [0.3, 0.4) is 0 Å². The third-order valence-corrected chi connectivity index (χ3v) is 9.94. The molecule has 0 radical (unpaired) electrons. The molecule has 0 heterocycles. The Morgan fingerprint density at radius 3 is 0.641 bits per heavy atom. The Morgan fingerprint density at radius 2 is 0.436 bits per heavy atom. The largest absolute Gasteiger partial charge is 0.247 e. The van der Waals surface area contributed by atoms with Gasteiger partial charge in [0.2, 0.25) is 0 Å². The average Bonchev–Trinajstić information content (AvgIpc) is 2.95. The molecule has 0 rings (SSSR count). The normalized spacial score (nSPS) is 11.5. The molecule has 0 aromatic carbocycles. The zero-order valence-corrected chi connectivity index (χ0v) is 28.9. The van der Waals surface area contributed by atoms with Crippen molar-refractivity contribution in [3.8, 4) is 0 Å². The summed E-state index contributed by atoms with van der Waals surface area (Å²) in [5.41, 5.74) is 0. The van der Waals surface area contributed by atoms with E-state index in [2.05, 4.69) is 13.8 Å².